The number of fused-ring (bicyclic) bond motifs is 1. The minimum atomic E-state index is 0.103. The second-order valence-corrected chi connectivity index (χ2v) is 6.96. The average Bonchev–Trinajstić information content (AvgIpc) is 2.96. The van der Waals surface area contributed by atoms with Crippen LogP contribution in [0, 0.1) is 0 Å². The molecule has 3 rings (SSSR count). The Balaban J connectivity index is 1.67. The molecule has 3 nitrogen and oxygen atoms in total. The summed E-state index contributed by atoms with van der Waals surface area (Å²) in [4.78, 5) is 4.58. The summed E-state index contributed by atoms with van der Waals surface area (Å²) in [6.07, 6.45) is 5.74. The highest BCUT2D eigenvalue weighted by molar-refractivity contribution is 5.25. The summed E-state index contributed by atoms with van der Waals surface area (Å²) in [5.41, 5.74) is 2.81. The van der Waals surface area contributed by atoms with E-state index in [0.29, 0.717) is 6.04 Å². The van der Waals surface area contributed by atoms with Crippen LogP contribution in [0.4, 0.5) is 0 Å². The number of aromatic nitrogens is 2. The Morgan fingerprint density at radius 1 is 1.23 bits per heavy atom. The van der Waals surface area contributed by atoms with E-state index in [-0.39, 0.29) is 5.41 Å². The van der Waals surface area contributed by atoms with E-state index in [1.54, 1.807) is 0 Å². The second kappa shape index (κ2) is 6.25. The first kappa shape index (κ1) is 15.3. The van der Waals surface area contributed by atoms with Crippen molar-refractivity contribution in [2.24, 2.45) is 0 Å². The second-order valence-electron chi connectivity index (χ2n) is 6.96. The fourth-order valence-electron chi connectivity index (χ4n) is 3.25. The van der Waals surface area contributed by atoms with E-state index in [9.17, 15) is 0 Å². The fourth-order valence-corrected chi connectivity index (χ4v) is 3.25. The van der Waals surface area contributed by atoms with Gasteiger partial charge in [0.1, 0.15) is 5.82 Å². The molecule has 1 aliphatic heterocycles. The molecular weight excluding hydrogens is 270 g/mol. The predicted molar refractivity (Wildman–Crippen MR) is 90.9 cm³/mol. The Kier molecular flexibility index (Phi) is 4.34. The molecule has 0 spiro atoms. The lowest BCUT2D eigenvalue weighted by Crippen LogP contribution is -2.42. The molecule has 0 bridgehead atoms. The molecule has 2 heterocycles. The van der Waals surface area contributed by atoms with Crippen molar-refractivity contribution in [1.29, 1.82) is 0 Å². The first-order valence-electron chi connectivity index (χ1n) is 8.41. The number of hydrogen-bond acceptors (Lipinski definition) is 2. The first-order valence-corrected chi connectivity index (χ1v) is 8.41. The van der Waals surface area contributed by atoms with E-state index in [1.807, 2.05) is 0 Å². The normalized spacial score (nSPS) is 16.3. The number of imidazole rings is 1. The highest BCUT2D eigenvalue weighted by atomic mass is 15.1. The predicted octanol–water partition coefficient (Wildman–Crippen LogP) is 3.68. The van der Waals surface area contributed by atoms with Gasteiger partial charge in [0.2, 0.25) is 0 Å². The van der Waals surface area contributed by atoms with E-state index in [2.05, 4.69) is 72.2 Å². The van der Waals surface area contributed by atoms with Gasteiger partial charge in [-0.1, -0.05) is 44.2 Å². The lowest BCUT2D eigenvalue weighted by Gasteiger charge is -2.33. The molecule has 1 unspecified atom stereocenters. The van der Waals surface area contributed by atoms with Crippen LogP contribution < -0.4 is 5.32 Å². The van der Waals surface area contributed by atoms with Gasteiger partial charge >= 0.3 is 0 Å². The van der Waals surface area contributed by atoms with Gasteiger partial charge in [0.25, 0.3) is 0 Å². The van der Waals surface area contributed by atoms with E-state index >= 15 is 0 Å². The molecule has 2 aromatic rings. The van der Waals surface area contributed by atoms with Crippen molar-refractivity contribution in [3.05, 3.63) is 53.6 Å². The Morgan fingerprint density at radius 2 is 2.00 bits per heavy atom. The van der Waals surface area contributed by atoms with Gasteiger partial charge in [-0.05, 0) is 25.3 Å². The average molecular weight is 297 g/mol. The molecule has 0 fully saturated rings. The number of hydrogen-bond donors (Lipinski definition) is 1. The van der Waals surface area contributed by atoms with Crippen LogP contribution in [-0.4, -0.2) is 15.6 Å². The van der Waals surface area contributed by atoms with Gasteiger partial charge in [-0.3, -0.25) is 0 Å². The molecule has 0 saturated carbocycles. The number of rotatable bonds is 5. The standard InChI is InChI=1S/C19H27N3/c1-15(19(2,3)16-9-5-4-6-10-16)20-13-17-14-21-18-11-7-8-12-22(17)18/h4-6,9-10,14-15,20H,7-8,11-13H2,1-3H3. The molecule has 0 radical (unpaired) electrons. The van der Waals surface area contributed by atoms with E-state index in [1.165, 1.54) is 29.9 Å². The molecule has 1 aromatic carbocycles. The molecule has 0 aliphatic carbocycles. The minimum Gasteiger partial charge on any atom is -0.331 e. The molecule has 1 aromatic heterocycles. The van der Waals surface area contributed by atoms with Gasteiger partial charge in [-0.2, -0.15) is 0 Å². The van der Waals surface area contributed by atoms with Crippen LogP contribution in [0.3, 0.4) is 0 Å². The lowest BCUT2D eigenvalue weighted by atomic mass is 9.78. The number of nitrogens with zero attached hydrogens (tertiary/aromatic N) is 2. The quantitative estimate of drug-likeness (QED) is 0.912. The minimum absolute atomic E-state index is 0.103. The maximum absolute atomic E-state index is 4.58. The largest absolute Gasteiger partial charge is 0.331 e. The third-order valence-corrected chi connectivity index (χ3v) is 5.24. The van der Waals surface area contributed by atoms with Crippen molar-refractivity contribution in [3.63, 3.8) is 0 Å². The van der Waals surface area contributed by atoms with Gasteiger partial charge in [0.05, 0.1) is 5.69 Å². The first-order chi connectivity index (χ1) is 10.6. The van der Waals surface area contributed by atoms with Crippen LogP contribution in [0.2, 0.25) is 0 Å². The Morgan fingerprint density at radius 3 is 2.77 bits per heavy atom. The van der Waals surface area contributed by atoms with Crippen LogP contribution in [-0.2, 0) is 24.9 Å². The molecule has 1 aliphatic rings. The van der Waals surface area contributed by atoms with Gasteiger partial charge in [0, 0.05) is 37.2 Å². The number of nitrogens with one attached hydrogen (secondary N) is 1. The SMILES string of the molecule is CC(NCc1cnc2n1CCCC2)C(C)(C)c1ccccc1. The van der Waals surface area contributed by atoms with Crippen LogP contribution >= 0.6 is 0 Å². The van der Waals surface area contributed by atoms with Gasteiger partial charge in [0.15, 0.2) is 0 Å². The smallest absolute Gasteiger partial charge is 0.108 e. The molecule has 1 atom stereocenters. The van der Waals surface area contributed by atoms with Crippen molar-refractivity contribution < 1.29 is 0 Å². The van der Waals surface area contributed by atoms with Crippen molar-refractivity contribution in [2.45, 2.75) is 64.6 Å². The Labute approximate surface area is 133 Å². The third kappa shape index (κ3) is 2.95. The zero-order valence-corrected chi connectivity index (χ0v) is 14.0. The molecule has 118 valence electrons. The third-order valence-electron chi connectivity index (χ3n) is 5.24. The van der Waals surface area contributed by atoms with Crippen molar-refractivity contribution >= 4 is 0 Å². The summed E-state index contributed by atoms with van der Waals surface area (Å²) in [6, 6.07) is 11.2. The summed E-state index contributed by atoms with van der Waals surface area (Å²) in [7, 11) is 0. The van der Waals surface area contributed by atoms with Gasteiger partial charge < -0.3 is 9.88 Å². The molecule has 1 N–H and O–H groups in total. The highest BCUT2D eigenvalue weighted by Crippen LogP contribution is 2.27. The topological polar surface area (TPSA) is 29.9 Å². The van der Waals surface area contributed by atoms with Crippen LogP contribution in [0.1, 0.15) is 50.7 Å². The van der Waals surface area contributed by atoms with Crippen LogP contribution in [0.15, 0.2) is 36.5 Å². The highest BCUT2D eigenvalue weighted by Gasteiger charge is 2.27. The molecule has 0 amide bonds. The molecular formula is C19H27N3. The fraction of sp³-hybridized carbons (Fsp3) is 0.526. The van der Waals surface area contributed by atoms with Crippen LogP contribution in [0.25, 0.3) is 0 Å². The number of benzene rings is 1. The summed E-state index contributed by atoms with van der Waals surface area (Å²) in [5, 5.41) is 3.71. The van der Waals surface area contributed by atoms with Crippen molar-refractivity contribution in [2.75, 3.05) is 0 Å². The Hall–Kier alpha value is -1.61. The van der Waals surface area contributed by atoms with Crippen LogP contribution in [0.5, 0.6) is 0 Å². The monoisotopic (exact) mass is 297 g/mol. The molecule has 0 saturated heterocycles. The molecule has 3 heteroatoms. The van der Waals surface area contributed by atoms with Gasteiger partial charge in [-0.25, -0.2) is 4.98 Å². The zero-order chi connectivity index (χ0) is 15.6. The maximum atomic E-state index is 4.58. The van der Waals surface area contributed by atoms with E-state index < -0.39 is 0 Å². The van der Waals surface area contributed by atoms with Crippen molar-refractivity contribution in [1.82, 2.24) is 14.9 Å². The summed E-state index contributed by atoms with van der Waals surface area (Å²) >= 11 is 0. The lowest BCUT2D eigenvalue weighted by molar-refractivity contribution is 0.355. The Bertz CT molecular complexity index is 613. The summed E-state index contributed by atoms with van der Waals surface area (Å²) in [5.74, 6) is 1.26. The van der Waals surface area contributed by atoms with Crippen molar-refractivity contribution in [3.8, 4) is 0 Å². The zero-order valence-electron chi connectivity index (χ0n) is 14.0. The maximum Gasteiger partial charge on any atom is 0.108 e. The van der Waals surface area contributed by atoms with Gasteiger partial charge in [-0.15, -0.1) is 0 Å². The van der Waals surface area contributed by atoms with E-state index in [0.717, 1.165) is 19.5 Å². The molecule has 22 heavy (non-hydrogen) atoms. The summed E-state index contributed by atoms with van der Waals surface area (Å²) < 4.78 is 2.40. The summed E-state index contributed by atoms with van der Waals surface area (Å²) in [6.45, 7) is 8.92. The number of aryl methyl sites for hydroxylation is 1. The van der Waals surface area contributed by atoms with E-state index in [4.69, 9.17) is 0 Å².